The zero-order valence-electron chi connectivity index (χ0n) is 12.8. The molecule has 0 aliphatic heterocycles. The molecule has 4 nitrogen and oxygen atoms in total. The van der Waals surface area contributed by atoms with Gasteiger partial charge in [-0.1, -0.05) is 30.3 Å². The minimum Gasteiger partial charge on any atom is -0.464 e. The number of hydrogen-bond donors (Lipinski definition) is 1. The standard InChI is InChI=1S/C17H21NO3S/c1-3-9-22-12-15(19)18-17(16(20)21-4-2)10-13-7-5-6-8-14(13)11-17/h3,5-8H,1,4,9-12H2,2H3,(H,18,19). The Bertz CT molecular complexity index is 546. The van der Waals surface area contributed by atoms with Crippen LogP contribution < -0.4 is 5.32 Å². The van der Waals surface area contributed by atoms with E-state index < -0.39 is 5.54 Å². The van der Waals surface area contributed by atoms with Crippen LogP contribution in [0.4, 0.5) is 0 Å². The van der Waals surface area contributed by atoms with Gasteiger partial charge in [-0.3, -0.25) is 4.79 Å². The van der Waals surface area contributed by atoms with Gasteiger partial charge in [0.1, 0.15) is 5.54 Å². The molecule has 0 spiro atoms. The molecule has 0 radical (unpaired) electrons. The van der Waals surface area contributed by atoms with E-state index >= 15 is 0 Å². The molecule has 1 aromatic rings. The van der Waals surface area contributed by atoms with Crippen molar-refractivity contribution in [3.8, 4) is 0 Å². The fourth-order valence-corrected chi connectivity index (χ4v) is 3.25. The van der Waals surface area contributed by atoms with Crippen molar-refractivity contribution in [3.05, 3.63) is 48.0 Å². The normalized spacial score (nSPS) is 15.0. The van der Waals surface area contributed by atoms with Crippen LogP contribution in [-0.2, 0) is 27.2 Å². The molecule has 22 heavy (non-hydrogen) atoms. The number of hydrogen-bond acceptors (Lipinski definition) is 4. The van der Waals surface area contributed by atoms with Crippen LogP contribution in [-0.4, -0.2) is 35.5 Å². The molecule has 118 valence electrons. The average molecular weight is 319 g/mol. The second kappa shape index (κ2) is 7.49. The van der Waals surface area contributed by atoms with Crippen molar-refractivity contribution in [1.29, 1.82) is 0 Å². The van der Waals surface area contributed by atoms with Crippen LogP contribution in [0, 0.1) is 0 Å². The number of rotatable bonds is 7. The molecule has 0 heterocycles. The molecule has 0 unspecified atom stereocenters. The highest BCUT2D eigenvalue weighted by atomic mass is 32.2. The zero-order chi connectivity index (χ0) is 16.0. The second-order valence-corrected chi connectivity index (χ2v) is 6.31. The van der Waals surface area contributed by atoms with Gasteiger partial charge >= 0.3 is 5.97 Å². The number of carbonyl (C=O) groups excluding carboxylic acids is 2. The van der Waals surface area contributed by atoms with Crippen LogP contribution >= 0.6 is 11.8 Å². The number of esters is 1. The van der Waals surface area contributed by atoms with E-state index in [0.29, 0.717) is 31.0 Å². The molecular formula is C17H21NO3S. The first-order valence-corrected chi connectivity index (χ1v) is 8.50. The summed E-state index contributed by atoms with van der Waals surface area (Å²) in [5.74, 6) is 0.518. The summed E-state index contributed by atoms with van der Waals surface area (Å²) in [7, 11) is 0. The molecule has 0 aromatic heterocycles. The first kappa shape index (κ1) is 16.6. The van der Waals surface area contributed by atoms with Crippen LogP contribution in [0.15, 0.2) is 36.9 Å². The van der Waals surface area contributed by atoms with E-state index in [0.717, 1.165) is 11.1 Å². The molecule has 1 amide bonds. The summed E-state index contributed by atoms with van der Waals surface area (Å²) in [6, 6.07) is 7.88. The first-order valence-electron chi connectivity index (χ1n) is 7.35. The summed E-state index contributed by atoms with van der Waals surface area (Å²) < 4.78 is 5.21. The van der Waals surface area contributed by atoms with Crippen LogP contribution in [0.2, 0.25) is 0 Å². The Labute approximate surface area is 135 Å². The lowest BCUT2D eigenvalue weighted by molar-refractivity contribution is -0.152. The van der Waals surface area contributed by atoms with Crippen LogP contribution in [0.1, 0.15) is 18.1 Å². The Hall–Kier alpha value is -1.75. The fraction of sp³-hybridized carbons (Fsp3) is 0.412. The maximum atomic E-state index is 12.4. The molecule has 0 fully saturated rings. The van der Waals surface area contributed by atoms with Gasteiger partial charge in [0.15, 0.2) is 0 Å². The molecule has 5 heteroatoms. The smallest absolute Gasteiger partial charge is 0.332 e. The van der Waals surface area contributed by atoms with Gasteiger partial charge in [-0.2, -0.15) is 0 Å². The van der Waals surface area contributed by atoms with Gasteiger partial charge in [0, 0.05) is 18.6 Å². The zero-order valence-corrected chi connectivity index (χ0v) is 13.6. The van der Waals surface area contributed by atoms with Crippen LogP contribution in [0.25, 0.3) is 0 Å². The van der Waals surface area contributed by atoms with E-state index in [1.807, 2.05) is 24.3 Å². The topological polar surface area (TPSA) is 55.4 Å². The third kappa shape index (κ3) is 3.71. The molecular weight excluding hydrogens is 298 g/mol. The maximum absolute atomic E-state index is 12.4. The van der Waals surface area contributed by atoms with E-state index in [2.05, 4.69) is 11.9 Å². The summed E-state index contributed by atoms with van der Waals surface area (Å²) in [5.41, 5.74) is 1.22. The Balaban J connectivity index is 2.13. The lowest BCUT2D eigenvalue weighted by Gasteiger charge is -2.27. The van der Waals surface area contributed by atoms with E-state index in [9.17, 15) is 9.59 Å². The third-order valence-electron chi connectivity index (χ3n) is 3.62. The minimum absolute atomic E-state index is 0.146. The Morgan fingerprint density at radius 3 is 2.55 bits per heavy atom. The highest BCUT2D eigenvalue weighted by molar-refractivity contribution is 8.00. The van der Waals surface area contributed by atoms with Gasteiger partial charge < -0.3 is 10.1 Å². The quantitative estimate of drug-likeness (QED) is 0.475. The monoisotopic (exact) mass is 319 g/mol. The van der Waals surface area contributed by atoms with Gasteiger partial charge in [-0.05, 0) is 18.1 Å². The van der Waals surface area contributed by atoms with Gasteiger partial charge in [0.2, 0.25) is 5.91 Å². The third-order valence-corrected chi connectivity index (χ3v) is 4.55. The summed E-state index contributed by atoms with van der Waals surface area (Å²) >= 11 is 1.47. The number of thioether (sulfide) groups is 1. The van der Waals surface area contributed by atoms with Crippen molar-refractivity contribution in [2.45, 2.75) is 25.3 Å². The van der Waals surface area contributed by atoms with Crippen molar-refractivity contribution in [2.75, 3.05) is 18.1 Å². The Kier molecular flexibility index (Phi) is 5.66. The van der Waals surface area contributed by atoms with Gasteiger partial charge in [-0.25, -0.2) is 4.79 Å². The van der Waals surface area contributed by atoms with E-state index in [1.165, 1.54) is 11.8 Å². The van der Waals surface area contributed by atoms with Crippen molar-refractivity contribution in [3.63, 3.8) is 0 Å². The molecule has 1 aromatic carbocycles. The van der Waals surface area contributed by atoms with Crippen molar-refractivity contribution >= 4 is 23.6 Å². The summed E-state index contributed by atoms with van der Waals surface area (Å²) in [4.78, 5) is 24.6. The minimum atomic E-state index is -0.967. The Morgan fingerprint density at radius 1 is 1.36 bits per heavy atom. The molecule has 1 N–H and O–H groups in total. The average Bonchev–Trinajstić information content (AvgIpc) is 2.87. The summed E-state index contributed by atoms with van der Waals surface area (Å²) in [5, 5.41) is 2.91. The van der Waals surface area contributed by atoms with E-state index in [-0.39, 0.29) is 11.9 Å². The molecule has 1 aliphatic carbocycles. The van der Waals surface area contributed by atoms with E-state index in [4.69, 9.17) is 4.74 Å². The maximum Gasteiger partial charge on any atom is 0.332 e. The molecule has 0 atom stereocenters. The lowest BCUT2D eigenvalue weighted by atomic mass is 9.95. The molecule has 0 saturated carbocycles. The highest BCUT2D eigenvalue weighted by Crippen LogP contribution is 2.31. The number of benzene rings is 1. The van der Waals surface area contributed by atoms with Gasteiger partial charge in [0.05, 0.1) is 12.4 Å². The predicted molar refractivity (Wildman–Crippen MR) is 88.9 cm³/mol. The number of fused-ring (bicyclic) bond motifs is 1. The molecule has 1 aliphatic rings. The number of amides is 1. The van der Waals surface area contributed by atoms with Crippen molar-refractivity contribution in [2.24, 2.45) is 0 Å². The SMILES string of the molecule is C=CCSCC(=O)NC1(C(=O)OCC)Cc2ccccc2C1. The molecule has 2 rings (SSSR count). The lowest BCUT2D eigenvalue weighted by Crippen LogP contribution is -2.56. The first-order chi connectivity index (χ1) is 10.6. The van der Waals surface area contributed by atoms with Gasteiger partial charge in [0.25, 0.3) is 0 Å². The summed E-state index contributed by atoms with van der Waals surface area (Å²) in [6.07, 6.45) is 2.73. The van der Waals surface area contributed by atoms with Gasteiger partial charge in [-0.15, -0.1) is 18.3 Å². The van der Waals surface area contributed by atoms with Crippen molar-refractivity contribution < 1.29 is 14.3 Å². The largest absolute Gasteiger partial charge is 0.464 e. The van der Waals surface area contributed by atoms with E-state index in [1.54, 1.807) is 13.0 Å². The van der Waals surface area contributed by atoms with Crippen LogP contribution in [0.5, 0.6) is 0 Å². The van der Waals surface area contributed by atoms with Crippen molar-refractivity contribution in [1.82, 2.24) is 5.32 Å². The molecule has 0 bridgehead atoms. The number of nitrogens with one attached hydrogen (secondary N) is 1. The molecule has 0 saturated heterocycles. The number of ether oxygens (including phenoxy) is 1. The second-order valence-electron chi connectivity index (χ2n) is 5.28. The Morgan fingerprint density at radius 2 is 2.00 bits per heavy atom. The summed E-state index contributed by atoms with van der Waals surface area (Å²) in [6.45, 7) is 5.70. The number of carbonyl (C=O) groups is 2. The predicted octanol–water partition coefficient (Wildman–Crippen LogP) is 2.12. The fourth-order valence-electron chi connectivity index (χ4n) is 2.71. The highest BCUT2D eigenvalue weighted by Gasteiger charge is 2.46. The van der Waals surface area contributed by atoms with Crippen LogP contribution in [0.3, 0.4) is 0 Å².